The molecule has 9 nitrogen and oxygen atoms in total. The maximum absolute atomic E-state index is 13.6. The molecular formula is C37H44N2O7. The van der Waals surface area contributed by atoms with Gasteiger partial charge in [0.1, 0.15) is 18.1 Å². The SMILES string of the molecule is CCCCOc1ccc(C2C(=C(O)c3ccc(OCc4ccccc4C)cc3)C(=O)C(=O)N2CCCN2CCOCC2)cc1OC. The van der Waals surface area contributed by atoms with Crippen LogP contribution in [0, 0.1) is 6.92 Å². The summed E-state index contributed by atoms with van der Waals surface area (Å²) in [6, 6.07) is 19.6. The number of amides is 1. The Morgan fingerprint density at radius 1 is 0.935 bits per heavy atom. The van der Waals surface area contributed by atoms with E-state index < -0.39 is 17.7 Å². The molecule has 1 unspecified atom stereocenters. The summed E-state index contributed by atoms with van der Waals surface area (Å²) in [7, 11) is 1.56. The topological polar surface area (TPSA) is 97.8 Å². The van der Waals surface area contributed by atoms with Crippen molar-refractivity contribution in [3.8, 4) is 17.2 Å². The lowest BCUT2D eigenvalue weighted by Gasteiger charge is -2.29. The number of rotatable bonds is 14. The van der Waals surface area contributed by atoms with Crippen molar-refractivity contribution >= 4 is 17.4 Å². The van der Waals surface area contributed by atoms with Gasteiger partial charge in [-0.25, -0.2) is 0 Å². The van der Waals surface area contributed by atoms with Crippen LogP contribution in [-0.4, -0.2) is 79.7 Å². The number of morpholine rings is 1. The molecule has 3 aromatic rings. The highest BCUT2D eigenvalue weighted by Crippen LogP contribution is 2.42. The van der Waals surface area contributed by atoms with E-state index >= 15 is 0 Å². The lowest BCUT2D eigenvalue weighted by molar-refractivity contribution is -0.140. The lowest BCUT2D eigenvalue weighted by atomic mass is 9.95. The number of ketones is 1. The van der Waals surface area contributed by atoms with Crippen LogP contribution in [0.15, 0.2) is 72.3 Å². The molecule has 5 rings (SSSR count). The van der Waals surface area contributed by atoms with Gasteiger partial charge in [-0.15, -0.1) is 0 Å². The molecule has 0 spiro atoms. The van der Waals surface area contributed by atoms with Crippen LogP contribution in [0.3, 0.4) is 0 Å². The number of nitrogens with zero attached hydrogens (tertiary/aromatic N) is 2. The number of aryl methyl sites for hydroxylation is 1. The van der Waals surface area contributed by atoms with Crippen LogP contribution in [0.25, 0.3) is 5.76 Å². The minimum atomic E-state index is -0.791. The summed E-state index contributed by atoms with van der Waals surface area (Å²) >= 11 is 0. The fraction of sp³-hybridized carbons (Fsp3) is 0.405. The van der Waals surface area contributed by atoms with Gasteiger partial charge in [0.05, 0.1) is 38.5 Å². The number of unbranched alkanes of at least 4 members (excludes halogenated alkanes) is 1. The van der Waals surface area contributed by atoms with Gasteiger partial charge in [-0.1, -0.05) is 43.7 Å². The predicted octanol–water partition coefficient (Wildman–Crippen LogP) is 5.91. The number of benzene rings is 3. The second kappa shape index (κ2) is 15.8. The van der Waals surface area contributed by atoms with Gasteiger partial charge < -0.3 is 29.0 Å². The molecule has 0 bridgehead atoms. The summed E-state index contributed by atoms with van der Waals surface area (Å²) in [6.07, 6.45) is 2.58. The van der Waals surface area contributed by atoms with E-state index in [-0.39, 0.29) is 11.3 Å². The summed E-state index contributed by atoms with van der Waals surface area (Å²) in [5, 5.41) is 11.6. The van der Waals surface area contributed by atoms with Gasteiger partial charge in [0.2, 0.25) is 0 Å². The Labute approximate surface area is 271 Å². The number of ether oxygens (including phenoxy) is 4. The van der Waals surface area contributed by atoms with E-state index in [1.807, 2.05) is 37.3 Å². The van der Waals surface area contributed by atoms with Crippen LogP contribution >= 0.6 is 0 Å². The zero-order valence-electron chi connectivity index (χ0n) is 27.0. The number of hydrogen-bond donors (Lipinski definition) is 1. The van der Waals surface area contributed by atoms with Gasteiger partial charge in [-0.05, 0) is 72.9 Å². The molecule has 2 saturated heterocycles. The molecular weight excluding hydrogens is 584 g/mol. The molecule has 2 aliphatic rings. The van der Waals surface area contributed by atoms with Crippen molar-refractivity contribution in [2.24, 2.45) is 0 Å². The minimum Gasteiger partial charge on any atom is -0.507 e. The molecule has 9 heteroatoms. The third kappa shape index (κ3) is 7.71. The molecule has 2 fully saturated rings. The van der Waals surface area contributed by atoms with Crippen LogP contribution in [-0.2, 0) is 20.9 Å². The van der Waals surface area contributed by atoms with Crippen LogP contribution in [0.1, 0.15) is 54.5 Å². The van der Waals surface area contributed by atoms with Crippen molar-refractivity contribution in [1.29, 1.82) is 0 Å². The lowest BCUT2D eigenvalue weighted by Crippen LogP contribution is -2.39. The van der Waals surface area contributed by atoms with Crippen LogP contribution in [0.4, 0.5) is 0 Å². The predicted molar refractivity (Wildman–Crippen MR) is 176 cm³/mol. The molecule has 0 aromatic heterocycles. The number of carbonyl (C=O) groups excluding carboxylic acids is 2. The minimum absolute atomic E-state index is 0.0478. The van der Waals surface area contributed by atoms with E-state index in [4.69, 9.17) is 18.9 Å². The van der Waals surface area contributed by atoms with E-state index in [0.717, 1.165) is 43.6 Å². The van der Waals surface area contributed by atoms with Crippen molar-refractivity contribution in [3.05, 3.63) is 94.6 Å². The highest BCUT2D eigenvalue weighted by molar-refractivity contribution is 6.46. The molecule has 1 amide bonds. The first-order chi connectivity index (χ1) is 22.4. The molecule has 244 valence electrons. The first-order valence-electron chi connectivity index (χ1n) is 16.1. The highest BCUT2D eigenvalue weighted by Gasteiger charge is 2.46. The maximum Gasteiger partial charge on any atom is 0.295 e. The van der Waals surface area contributed by atoms with Crippen molar-refractivity contribution < 1.29 is 33.6 Å². The molecule has 0 saturated carbocycles. The monoisotopic (exact) mass is 628 g/mol. The first-order valence-corrected chi connectivity index (χ1v) is 16.1. The number of aliphatic hydroxyl groups is 1. The largest absolute Gasteiger partial charge is 0.507 e. The van der Waals surface area contributed by atoms with Gasteiger partial charge in [-0.3, -0.25) is 14.5 Å². The van der Waals surface area contributed by atoms with Crippen LogP contribution < -0.4 is 14.2 Å². The Kier molecular flexibility index (Phi) is 11.3. The van der Waals surface area contributed by atoms with E-state index in [1.165, 1.54) is 0 Å². The van der Waals surface area contributed by atoms with E-state index in [0.29, 0.717) is 67.8 Å². The summed E-state index contributed by atoms with van der Waals surface area (Å²) in [6.45, 7) is 9.27. The number of aliphatic hydroxyl groups excluding tert-OH is 1. The first kappa shape index (κ1) is 33.0. The summed E-state index contributed by atoms with van der Waals surface area (Å²) in [5.74, 6) is 0.146. The van der Waals surface area contributed by atoms with Gasteiger partial charge in [-0.2, -0.15) is 0 Å². The third-order valence-electron chi connectivity index (χ3n) is 8.56. The molecule has 0 radical (unpaired) electrons. The van der Waals surface area contributed by atoms with Crippen molar-refractivity contribution in [1.82, 2.24) is 9.80 Å². The average Bonchev–Trinajstić information content (AvgIpc) is 3.33. The van der Waals surface area contributed by atoms with Crippen LogP contribution in [0.2, 0.25) is 0 Å². The molecule has 2 aliphatic heterocycles. The molecule has 46 heavy (non-hydrogen) atoms. The fourth-order valence-electron chi connectivity index (χ4n) is 5.84. The summed E-state index contributed by atoms with van der Waals surface area (Å²) in [4.78, 5) is 31.0. The number of carbonyl (C=O) groups is 2. The van der Waals surface area contributed by atoms with Crippen molar-refractivity contribution in [2.45, 2.75) is 45.8 Å². The zero-order valence-corrected chi connectivity index (χ0v) is 27.0. The quantitative estimate of drug-likeness (QED) is 0.102. The van der Waals surface area contributed by atoms with Crippen molar-refractivity contribution in [2.75, 3.05) is 53.1 Å². The van der Waals surface area contributed by atoms with Gasteiger partial charge in [0, 0.05) is 31.7 Å². The Balaban J connectivity index is 1.43. The van der Waals surface area contributed by atoms with Crippen LogP contribution in [0.5, 0.6) is 17.2 Å². The Bertz CT molecular complexity index is 1530. The fourth-order valence-corrected chi connectivity index (χ4v) is 5.84. The second-order valence-corrected chi connectivity index (χ2v) is 11.7. The van der Waals surface area contributed by atoms with E-state index in [1.54, 1.807) is 48.4 Å². The van der Waals surface area contributed by atoms with Gasteiger partial charge >= 0.3 is 0 Å². The number of likely N-dealkylation sites (tertiary alicyclic amines) is 1. The molecule has 0 aliphatic carbocycles. The maximum atomic E-state index is 13.6. The van der Waals surface area contributed by atoms with Gasteiger partial charge in [0.15, 0.2) is 11.5 Å². The number of Topliss-reactive ketones (excluding diaryl/α,β-unsaturated/α-hetero) is 1. The Morgan fingerprint density at radius 2 is 1.70 bits per heavy atom. The molecule has 3 aromatic carbocycles. The molecule has 1 atom stereocenters. The third-order valence-corrected chi connectivity index (χ3v) is 8.56. The van der Waals surface area contributed by atoms with E-state index in [2.05, 4.69) is 11.8 Å². The molecule has 1 N–H and O–H groups in total. The van der Waals surface area contributed by atoms with Gasteiger partial charge in [0.25, 0.3) is 11.7 Å². The Hall–Kier alpha value is -4.34. The zero-order chi connectivity index (χ0) is 32.5. The summed E-state index contributed by atoms with van der Waals surface area (Å²) in [5.41, 5.74) is 3.35. The smallest absolute Gasteiger partial charge is 0.295 e. The number of methoxy groups -OCH3 is 1. The highest BCUT2D eigenvalue weighted by atomic mass is 16.5. The normalized spacial score (nSPS) is 18.2. The van der Waals surface area contributed by atoms with Crippen molar-refractivity contribution in [3.63, 3.8) is 0 Å². The summed E-state index contributed by atoms with van der Waals surface area (Å²) < 4.78 is 23.0. The average molecular weight is 629 g/mol. The van der Waals surface area contributed by atoms with E-state index in [9.17, 15) is 14.7 Å². The second-order valence-electron chi connectivity index (χ2n) is 11.7. The number of hydrogen-bond acceptors (Lipinski definition) is 8. The Morgan fingerprint density at radius 3 is 2.41 bits per heavy atom. The standard InChI is InChI=1S/C37H44N2O7/c1-4-5-21-45-31-16-13-28(24-32(31)43-3)34-33(36(41)37(42)39(34)18-8-17-38-19-22-44-23-20-38)35(40)27-11-14-30(15-12-27)46-25-29-10-7-6-9-26(29)2/h6-7,9-16,24,34,40H,4-5,8,17-23,25H2,1-3H3. The molecule has 2 heterocycles.